The van der Waals surface area contributed by atoms with Crippen molar-refractivity contribution in [3.63, 3.8) is 0 Å². The molecule has 0 spiro atoms. The number of nitrogens with zero attached hydrogens (tertiary/aromatic N) is 2. The summed E-state index contributed by atoms with van der Waals surface area (Å²) in [6.07, 6.45) is -4.92. The van der Waals surface area contributed by atoms with Gasteiger partial charge in [-0.1, -0.05) is 29.8 Å². The summed E-state index contributed by atoms with van der Waals surface area (Å²) in [5.41, 5.74) is 2.02. The van der Waals surface area contributed by atoms with Gasteiger partial charge < -0.3 is 14.5 Å². The molecule has 3 unspecified atom stereocenters. The van der Waals surface area contributed by atoms with Crippen LogP contribution in [0.3, 0.4) is 0 Å². The highest BCUT2D eigenvalue weighted by atomic mass is 19.4. The molecular formula is C19H23F3N2O3. The third-order valence-electron chi connectivity index (χ3n) is 5.06. The number of halogens is 3. The van der Waals surface area contributed by atoms with Crippen molar-refractivity contribution < 1.29 is 27.5 Å². The lowest BCUT2D eigenvalue weighted by atomic mass is 10.0. The highest BCUT2D eigenvalue weighted by Gasteiger charge is 2.48. The Hall–Kier alpha value is -2.09. The van der Waals surface area contributed by atoms with E-state index in [1.54, 1.807) is 0 Å². The van der Waals surface area contributed by atoms with E-state index in [9.17, 15) is 22.8 Å². The molecule has 2 amide bonds. The Kier molecular flexibility index (Phi) is 5.46. The summed E-state index contributed by atoms with van der Waals surface area (Å²) in [6.45, 7) is 4.31. The molecule has 0 bridgehead atoms. The van der Waals surface area contributed by atoms with Gasteiger partial charge in [-0.25, -0.2) is 0 Å². The first kappa shape index (κ1) is 19.7. The largest absolute Gasteiger partial charge is 0.471 e. The first-order chi connectivity index (χ1) is 12.7. The molecule has 0 N–H and O–H groups in total. The Morgan fingerprint density at radius 3 is 2.44 bits per heavy atom. The van der Waals surface area contributed by atoms with Gasteiger partial charge >= 0.3 is 12.1 Å². The van der Waals surface area contributed by atoms with Gasteiger partial charge in [0.25, 0.3) is 0 Å². The molecule has 0 aromatic heterocycles. The number of carbonyl (C=O) groups excluding carboxylic acids is 2. The van der Waals surface area contributed by atoms with E-state index in [2.05, 4.69) is 0 Å². The molecular weight excluding hydrogens is 361 g/mol. The van der Waals surface area contributed by atoms with Crippen LogP contribution in [0.25, 0.3) is 0 Å². The van der Waals surface area contributed by atoms with E-state index in [-0.39, 0.29) is 31.7 Å². The maximum atomic E-state index is 12.9. The van der Waals surface area contributed by atoms with Crippen molar-refractivity contribution in [1.82, 2.24) is 9.80 Å². The normalized spacial score (nSPS) is 26.3. The van der Waals surface area contributed by atoms with Crippen molar-refractivity contribution in [3.05, 3.63) is 35.4 Å². The first-order valence-corrected chi connectivity index (χ1v) is 9.05. The summed E-state index contributed by atoms with van der Waals surface area (Å²) < 4.78 is 44.4. The van der Waals surface area contributed by atoms with Crippen LogP contribution in [0.5, 0.6) is 0 Å². The Morgan fingerprint density at radius 2 is 1.81 bits per heavy atom. The molecule has 1 aromatic carbocycles. The summed E-state index contributed by atoms with van der Waals surface area (Å²) in [5.74, 6) is -2.37. The summed E-state index contributed by atoms with van der Waals surface area (Å²) in [7, 11) is 0. The quantitative estimate of drug-likeness (QED) is 0.788. The smallest absolute Gasteiger partial charge is 0.367 e. The van der Waals surface area contributed by atoms with Gasteiger partial charge in [-0.3, -0.25) is 9.59 Å². The molecule has 148 valence electrons. The molecule has 1 aromatic rings. The number of aryl methyl sites for hydroxylation is 1. The van der Waals surface area contributed by atoms with Crippen molar-refractivity contribution in [1.29, 1.82) is 0 Å². The van der Waals surface area contributed by atoms with Gasteiger partial charge in [-0.15, -0.1) is 0 Å². The number of alkyl halides is 3. The maximum absolute atomic E-state index is 12.9. The number of benzene rings is 1. The van der Waals surface area contributed by atoms with E-state index in [1.807, 2.05) is 38.1 Å². The fourth-order valence-electron chi connectivity index (χ4n) is 3.74. The number of amides is 2. The van der Waals surface area contributed by atoms with Crippen molar-refractivity contribution in [3.8, 4) is 0 Å². The number of rotatable bonds is 2. The number of hydrogen-bond donors (Lipinski definition) is 0. The fourth-order valence-corrected chi connectivity index (χ4v) is 3.74. The molecule has 8 heteroatoms. The average molecular weight is 384 g/mol. The monoisotopic (exact) mass is 384 g/mol. The van der Waals surface area contributed by atoms with Crippen molar-refractivity contribution >= 4 is 11.8 Å². The van der Waals surface area contributed by atoms with Crippen LogP contribution in [0.15, 0.2) is 24.3 Å². The number of ether oxygens (including phenoxy) is 1. The zero-order valence-corrected chi connectivity index (χ0v) is 15.3. The second kappa shape index (κ2) is 7.50. The molecule has 2 aliphatic rings. The first-order valence-electron chi connectivity index (χ1n) is 9.05. The molecule has 2 heterocycles. The van der Waals surface area contributed by atoms with E-state index in [0.717, 1.165) is 11.1 Å². The third-order valence-corrected chi connectivity index (χ3v) is 5.06. The second-order valence-corrected chi connectivity index (χ2v) is 7.24. The molecule has 0 radical (unpaired) electrons. The minimum absolute atomic E-state index is 0.0456. The molecule has 2 saturated heterocycles. The van der Waals surface area contributed by atoms with E-state index in [4.69, 9.17) is 4.74 Å². The van der Waals surface area contributed by atoms with Crippen LogP contribution < -0.4 is 0 Å². The number of carbonyl (C=O) groups is 2. The summed E-state index contributed by atoms with van der Waals surface area (Å²) >= 11 is 0. The van der Waals surface area contributed by atoms with Gasteiger partial charge in [0, 0.05) is 13.1 Å². The van der Waals surface area contributed by atoms with Crippen LogP contribution in [-0.4, -0.2) is 59.6 Å². The lowest BCUT2D eigenvalue weighted by molar-refractivity contribution is -0.188. The lowest BCUT2D eigenvalue weighted by Crippen LogP contribution is -2.55. The summed E-state index contributed by atoms with van der Waals surface area (Å²) in [5, 5.41) is 0. The third kappa shape index (κ3) is 4.26. The second-order valence-electron chi connectivity index (χ2n) is 7.24. The van der Waals surface area contributed by atoms with Crippen molar-refractivity contribution in [2.75, 3.05) is 19.6 Å². The average Bonchev–Trinajstić information content (AvgIpc) is 3.09. The minimum Gasteiger partial charge on any atom is -0.367 e. The maximum Gasteiger partial charge on any atom is 0.471 e. The van der Waals surface area contributed by atoms with Gasteiger partial charge in [0.1, 0.15) is 12.1 Å². The highest BCUT2D eigenvalue weighted by molar-refractivity contribution is 5.90. The zero-order chi connectivity index (χ0) is 19.8. The van der Waals surface area contributed by atoms with E-state index < -0.39 is 24.0 Å². The fraction of sp³-hybridized carbons (Fsp3) is 0.579. The number of hydrogen-bond acceptors (Lipinski definition) is 3. The van der Waals surface area contributed by atoms with Gasteiger partial charge in [0.15, 0.2) is 0 Å². The molecule has 3 atom stereocenters. The number of likely N-dealkylation sites (tertiary alicyclic amines) is 1. The van der Waals surface area contributed by atoms with Crippen LogP contribution in [0.4, 0.5) is 13.2 Å². The van der Waals surface area contributed by atoms with Gasteiger partial charge in [-0.05, 0) is 32.3 Å². The molecule has 27 heavy (non-hydrogen) atoms. The van der Waals surface area contributed by atoms with Crippen molar-refractivity contribution in [2.45, 2.75) is 51.1 Å². The predicted molar refractivity (Wildman–Crippen MR) is 91.8 cm³/mol. The van der Waals surface area contributed by atoms with E-state index in [0.29, 0.717) is 17.9 Å². The van der Waals surface area contributed by atoms with Gasteiger partial charge in [0.2, 0.25) is 5.91 Å². The van der Waals surface area contributed by atoms with Crippen LogP contribution in [0.1, 0.15) is 37.0 Å². The zero-order valence-electron chi connectivity index (χ0n) is 15.3. The van der Waals surface area contributed by atoms with Crippen LogP contribution in [-0.2, 0) is 14.3 Å². The molecule has 3 rings (SSSR count). The Labute approximate surface area is 156 Å². The van der Waals surface area contributed by atoms with Gasteiger partial charge in [0.05, 0.1) is 12.6 Å². The minimum atomic E-state index is -4.97. The predicted octanol–water partition coefficient (Wildman–Crippen LogP) is 2.84. The Morgan fingerprint density at radius 1 is 1.15 bits per heavy atom. The van der Waals surface area contributed by atoms with E-state index in [1.165, 1.54) is 4.90 Å². The molecule has 0 saturated carbocycles. The standard InChI is InChI=1S/C19H23F3N2O3/c1-12-5-7-14(8-6-12)16-11-23(10-13(2)27-16)17(25)15-4-3-9-24(15)18(26)19(20,21)22/h5-8,13,15-16H,3-4,9-11H2,1-2H3. The topological polar surface area (TPSA) is 49.9 Å². The highest BCUT2D eigenvalue weighted by Crippen LogP contribution is 2.30. The van der Waals surface area contributed by atoms with Crippen LogP contribution in [0.2, 0.25) is 0 Å². The molecule has 2 aliphatic heterocycles. The SMILES string of the molecule is Cc1ccc(C2CN(C(=O)C3CCCN3C(=O)C(F)(F)F)CC(C)O2)cc1. The van der Waals surface area contributed by atoms with Crippen LogP contribution >= 0.6 is 0 Å². The van der Waals surface area contributed by atoms with E-state index >= 15 is 0 Å². The van der Waals surface area contributed by atoms with Crippen molar-refractivity contribution in [2.24, 2.45) is 0 Å². The molecule has 5 nitrogen and oxygen atoms in total. The molecule has 2 fully saturated rings. The summed E-state index contributed by atoms with van der Waals surface area (Å²) in [6, 6.07) is 6.70. The lowest BCUT2D eigenvalue weighted by Gasteiger charge is -2.39. The van der Waals surface area contributed by atoms with Crippen LogP contribution in [0, 0.1) is 6.92 Å². The Bertz CT molecular complexity index is 705. The molecule has 0 aliphatic carbocycles. The number of morpholine rings is 1. The summed E-state index contributed by atoms with van der Waals surface area (Å²) in [4.78, 5) is 26.8. The van der Waals surface area contributed by atoms with Gasteiger partial charge in [-0.2, -0.15) is 13.2 Å². The Balaban J connectivity index is 1.75.